The van der Waals surface area contributed by atoms with E-state index in [1.165, 1.54) is 0 Å². The molecular formula is C16H22N2O5. The standard InChI is InChI=1S/C16H22N2O5/c1-9(2)17-16(19)14-8-11(18-23-14)10-6-12(20-3)15(22-5)13(7-10)21-4/h6-7,9,14H,8H2,1-5H3,(H,17,19)/t14-/m1/s1. The molecule has 1 aliphatic heterocycles. The molecule has 0 aliphatic carbocycles. The van der Waals surface area contributed by atoms with Crippen LogP contribution in [0.5, 0.6) is 17.2 Å². The molecule has 1 aliphatic rings. The molecular weight excluding hydrogens is 300 g/mol. The molecule has 23 heavy (non-hydrogen) atoms. The van der Waals surface area contributed by atoms with Crippen molar-refractivity contribution in [1.82, 2.24) is 5.32 Å². The van der Waals surface area contributed by atoms with Gasteiger partial charge in [-0.3, -0.25) is 4.79 Å². The van der Waals surface area contributed by atoms with Gasteiger partial charge in [0, 0.05) is 18.0 Å². The SMILES string of the molecule is COc1cc(C2=NO[C@@H](C(=O)NC(C)C)C2)cc(OC)c1OC. The van der Waals surface area contributed by atoms with E-state index < -0.39 is 6.10 Å². The highest BCUT2D eigenvalue weighted by molar-refractivity contribution is 6.04. The summed E-state index contributed by atoms with van der Waals surface area (Å²) in [5.41, 5.74) is 1.42. The zero-order valence-electron chi connectivity index (χ0n) is 14.0. The molecule has 1 aromatic rings. The summed E-state index contributed by atoms with van der Waals surface area (Å²) in [5, 5.41) is 6.84. The number of benzene rings is 1. The summed E-state index contributed by atoms with van der Waals surface area (Å²) in [4.78, 5) is 17.2. The number of ether oxygens (including phenoxy) is 3. The maximum atomic E-state index is 12.0. The van der Waals surface area contributed by atoms with Crippen LogP contribution in [0, 0.1) is 0 Å². The molecule has 0 fully saturated rings. The molecule has 7 nitrogen and oxygen atoms in total. The van der Waals surface area contributed by atoms with E-state index >= 15 is 0 Å². The molecule has 126 valence electrons. The van der Waals surface area contributed by atoms with Crippen LogP contribution in [0.2, 0.25) is 0 Å². The average Bonchev–Trinajstić information content (AvgIpc) is 3.02. The quantitative estimate of drug-likeness (QED) is 0.863. The van der Waals surface area contributed by atoms with Crippen molar-refractivity contribution in [1.29, 1.82) is 0 Å². The predicted molar refractivity (Wildman–Crippen MR) is 85.4 cm³/mol. The van der Waals surface area contributed by atoms with Gasteiger partial charge in [-0.2, -0.15) is 0 Å². The minimum atomic E-state index is -0.619. The van der Waals surface area contributed by atoms with Crippen molar-refractivity contribution in [3.63, 3.8) is 0 Å². The average molecular weight is 322 g/mol. The van der Waals surface area contributed by atoms with E-state index in [1.54, 1.807) is 33.5 Å². The summed E-state index contributed by atoms with van der Waals surface area (Å²) < 4.78 is 15.9. The minimum Gasteiger partial charge on any atom is -0.493 e. The Labute approximate surface area is 135 Å². The van der Waals surface area contributed by atoms with E-state index in [9.17, 15) is 4.79 Å². The van der Waals surface area contributed by atoms with Gasteiger partial charge in [0.2, 0.25) is 11.9 Å². The molecule has 0 saturated carbocycles. The van der Waals surface area contributed by atoms with Crippen molar-refractivity contribution in [2.75, 3.05) is 21.3 Å². The zero-order valence-corrected chi connectivity index (χ0v) is 14.0. The van der Waals surface area contributed by atoms with Gasteiger partial charge in [-0.25, -0.2) is 0 Å². The summed E-state index contributed by atoms with van der Waals surface area (Å²) >= 11 is 0. The van der Waals surface area contributed by atoms with Crippen molar-refractivity contribution in [3.05, 3.63) is 17.7 Å². The van der Waals surface area contributed by atoms with E-state index in [0.717, 1.165) is 5.56 Å². The Kier molecular flexibility index (Phi) is 5.31. The zero-order chi connectivity index (χ0) is 17.0. The number of nitrogens with one attached hydrogen (secondary N) is 1. The molecule has 0 aromatic heterocycles. The lowest BCUT2D eigenvalue weighted by atomic mass is 10.0. The van der Waals surface area contributed by atoms with Gasteiger partial charge in [0.15, 0.2) is 11.5 Å². The largest absolute Gasteiger partial charge is 0.493 e. The third kappa shape index (κ3) is 3.67. The number of nitrogens with zero attached hydrogens (tertiary/aromatic N) is 1. The van der Waals surface area contributed by atoms with Crippen molar-refractivity contribution >= 4 is 11.6 Å². The van der Waals surface area contributed by atoms with E-state index in [4.69, 9.17) is 19.0 Å². The highest BCUT2D eigenvalue weighted by atomic mass is 16.6. The molecule has 2 rings (SSSR count). The van der Waals surface area contributed by atoms with Gasteiger partial charge in [-0.15, -0.1) is 0 Å². The number of hydrogen-bond acceptors (Lipinski definition) is 6. The maximum absolute atomic E-state index is 12.0. The fourth-order valence-corrected chi connectivity index (χ4v) is 2.31. The van der Waals surface area contributed by atoms with Crippen molar-refractivity contribution in [3.8, 4) is 17.2 Å². The van der Waals surface area contributed by atoms with Gasteiger partial charge in [-0.1, -0.05) is 5.16 Å². The lowest BCUT2D eigenvalue weighted by molar-refractivity contribution is -0.131. The number of methoxy groups -OCH3 is 3. The Morgan fingerprint density at radius 1 is 1.22 bits per heavy atom. The van der Waals surface area contributed by atoms with Gasteiger partial charge in [0.05, 0.1) is 27.0 Å². The van der Waals surface area contributed by atoms with Gasteiger partial charge in [0.25, 0.3) is 5.91 Å². The van der Waals surface area contributed by atoms with Gasteiger partial charge in [-0.05, 0) is 26.0 Å². The Balaban J connectivity index is 2.22. The predicted octanol–water partition coefficient (Wildman–Crippen LogP) is 1.73. The van der Waals surface area contributed by atoms with Crippen molar-refractivity contribution in [2.24, 2.45) is 5.16 Å². The van der Waals surface area contributed by atoms with Crippen LogP contribution in [0.1, 0.15) is 25.8 Å². The first-order valence-corrected chi connectivity index (χ1v) is 7.33. The highest BCUT2D eigenvalue weighted by Crippen LogP contribution is 2.39. The number of rotatable bonds is 6. The summed E-state index contributed by atoms with van der Waals surface area (Å²) in [6, 6.07) is 3.62. The molecule has 1 aromatic carbocycles. The number of oxime groups is 1. The smallest absolute Gasteiger partial charge is 0.264 e. The summed E-state index contributed by atoms with van der Waals surface area (Å²) in [6.45, 7) is 3.79. The first-order chi connectivity index (χ1) is 11.0. The Morgan fingerprint density at radius 3 is 2.30 bits per heavy atom. The first-order valence-electron chi connectivity index (χ1n) is 7.33. The molecule has 0 bridgehead atoms. The van der Waals surface area contributed by atoms with Crippen LogP contribution >= 0.6 is 0 Å². The van der Waals surface area contributed by atoms with Crippen molar-refractivity contribution in [2.45, 2.75) is 32.4 Å². The molecule has 0 spiro atoms. The van der Waals surface area contributed by atoms with Crippen LogP contribution in [0.25, 0.3) is 0 Å². The molecule has 0 saturated heterocycles. The molecule has 1 N–H and O–H groups in total. The number of carbonyl (C=O) groups excluding carboxylic acids is 1. The molecule has 7 heteroatoms. The first kappa shape index (κ1) is 16.9. The van der Waals surface area contributed by atoms with Gasteiger partial charge < -0.3 is 24.4 Å². The molecule has 1 heterocycles. The highest BCUT2D eigenvalue weighted by Gasteiger charge is 2.30. The third-order valence-electron chi connectivity index (χ3n) is 3.39. The second-order valence-electron chi connectivity index (χ2n) is 5.41. The monoisotopic (exact) mass is 322 g/mol. The number of carbonyl (C=O) groups is 1. The number of hydrogen-bond donors (Lipinski definition) is 1. The lowest BCUT2D eigenvalue weighted by Gasteiger charge is -2.14. The summed E-state index contributed by atoms with van der Waals surface area (Å²) in [5.74, 6) is 1.39. The van der Waals surface area contributed by atoms with E-state index in [0.29, 0.717) is 29.4 Å². The fourth-order valence-electron chi connectivity index (χ4n) is 2.31. The van der Waals surface area contributed by atoms with Crippen LogP contribution < -0.4 is 19.5 Å². The Morgan fingerprint density at radius 2 is 1.83 bits per heavy atom. The third-order valence-corrected chi connectivity index (χ3v) is 3.39. The second-order valence-corrected chi connectivity index (χ2v) is 5.41. The van der Waals surface area contributed by atoms with E-state index in [1.807, 2.05) is 13.8 Å². The lowest BCUT2D eigenvalue weighted by Crippen LogP contribution is -2.38. The van der Waals surface area contributed by atoms with Crippen LogP contribution in [0.4, 0.5) is 0 Å². The normalized spacial score (nSPS) is 16.6. The van der Waals surface area contributed by atoms with Crippen LogP contribution in [0.15, 0.2) is 17.3 Å². The summed E-state index contributed by atoms with van der Waals surface area (Å²) in [7, 11) is 4.64. The molecule has 0 radical (unpaired) electrons. The molecule has 0 unspecified atom stereocenters. The van der Waals surface area contributed by atoms with Crippen molar-refractivity contribution < 1.29 is 23.8 Å². The topological polar surface area (TPSA) is 78.4 Å². The summed E-state index contributed by atoms with van der Waals surface area (Å²) in [6.07, 6.45) is -0.233. The van der Waals surface area contributed by atoms with E-state index in [-0.39, 0.29) is 11.9 Å². The van der Waals surface area contributed by atoms with Crippen LogP contribution in [0.3, 0.4) is 0 Å². The molecule has 1 atom stereocenters. The van der Waals surface area contributed by atoms with Crippen LogP contribution in [-0.4, -0.2) is 45.1 Å². The van der Waals surface area contributed by atoms with Gasteiger partial charge >= 0.3 is 0 Å². The second kappa shape index (κ2) is 7.21. The fraction of sp³-hybridized carbons (Fsp3) is 0.500. The van der Waals surface area contributed by atoms with Crippen LogP contribution in [-0.2, 0) is 9.63 Å². The Bertz CT molecular complexity index is 587. The van der Waals surface area contributed by atoms with Gasteiger partial charge in [0.1, 0.15) is 0 Å². The molecule has 1 amide bonds. The maximum Gasteiger partial charge on any atom is 0.264 e. The Hall–Kier alpha value is -2.44. The van der Waals surface area contributed by atoms with E-state index in [2.05, 4.69) is 10.5 Å². The number of amides is 1. The minimum absolute atomic E-state index is 0.0522.